The van der Waals surface area contributed by atoms with Crippen LogP contribution in [0.15, 0.2) is 0 Å². The van der Waals surface area contributed by atoms with E-state index in [1.54, 1.807) is 0 Å². The Labute approximate surface area is 73.4 Å². The van der Waals surface area contributed by atoms with Crippen LogP contribution < -0.4 is 0 Å². The lowest BCUT2D eigenvalue weighted by Gasteiger charge is -2.23. The number of aliphatic hydroxyl groups is 1. The van der Waals surface area contributed by atoms with Crippen molar-refractivity contribution >= 4 is 6.47 Å². The predicted octanol–water partition coefficient (Wildman–Crippen LogP) is 1.65. The van der Waals surface area contributed by atoms with Crippen LogP contribution in [-0.4, -0.2) is 22.8 Å². The molecule has 2 N–H and O–H groups in total. The quantitative estimate of drug-likeness (QED) is 0.594. The maximum atomic E-state index is 9.12. The molecule has 12 heavy (non-hydrogen) atoms. The molecular weight excluding hydrogens is 156 g/mol. The Morgan fingerprint density at radius 2 is 1.75 bits per heavy atom. The summed E-state index contributed by atoms with van der Waals surface area (Å²) >= 11 is 0. The van der Waals surface area contributed by atoms with Gasteiger partial charge >= 0.3 is 0 Å². The van der Waals surface area contributed by atoms with Gasteiger partial charge in [0, 0.05) is 0 Å². The molecule has 3 nitrogen and oxygen atoms in total. The molecule has 72 valence electrons. The molecule has 0 saturated heterocycles. The summed E-state index contributed by atoms with van der Waals surface area (Å²) in [7, 11) is 0. The molecular formula is C9H18O3. The lowest BCUT2D eigenvalue weighted by molar-refractivity contribution is -0.122. The molecule has 0 spiro atoms. The summed E-state index contributed by atoms with van der Waals surface area (Å²) < 4.78 is 0. The number of rotatable bonds is 1. The van der Waals surface area contributed by atoms with Gasteiger partial charge in [-0.2, -0.15) is 0 Å². The summed E-state index contributed by atoms with van der Waals surface area (Å²) in [6.07, 6.45) is 5.90. The van der Waals surface area contributed by atoms with Crippen molar-refractivity contribution in [3.63, 3.8) is 0 Å². The van der Waals surface area contributed by atoms with Gasteiger partial charge in [0.2, 0.25) is 0 Å². The van der Waals surface area contributed by atoms with Gasteiger partial charge in [0.05, 0.1) is 6.10 Å². The van der Waals surface area contributed by atoms with Gasteiger partial charge in [0.25, 0.3) is 6.47 Å². The molecule has 0 atom stereocenters. The Morgan fingerprint density at radius 1 is 1.33 bits per heavy atom. The second-order valence-electron chi connectivity index (χ2n) is 3.19. The van der Waals surface area contributed by atoms with Crippen molar-refractivity contribution in [2.45, 2.75) is 45.1 Å². The van der Waals surface area contributed by atoms with Crippen LogP contribution in [0.1, 0.15) is 39.0 Å². The van der Waals surface area contributed by atoms with E-state index in [1.807, 2.05) is 0 Å². The van der Waals surface area contributed by atoms with E-state index in [-0.39, 0.29) is 12.6 Å². The van der Waals surface area contributed by atoms with E-state index in [9.17, 15) is 0 Å². The highest BCUT2D eigenvalue weighted by atomic mass is 16.3. The maximum Gasteiger partial charge on any atom is 0.290 e. The molecule has 0 radical (unpaired) electrons. The Balaban J connectivity index is 0.000000354. The first-order chi connectivity index (χ1) is 5.74. The Hall–Kier alpha value is -0.570. The first kappa shape index (κ1) is 11.4. The maximum absolute atomic E-state index is 9.12. The Bertz CT molecular complexity index is 106. The van der Waals surface area contributed by atoms with Crippen LogP contribution in [0.3, 0.4) is 0 Å². The molecule has 1 fully saturated rings. The normalized spacial score (nSPS) is 28.5. The average Bonchev–Trinajstić information content (AvgIpc) is 2.07. The number of carbonyl (C=O) groups is 1. The van der Waals surface area contributed by atoms with Gasteiger partial charge in [-0.05, 0) is 31.6 Å². The molecule has 0 heterocycles. The van der Waals surface area contributed by atoms with Gasteiger partial charge in [-0.1, -0.05) is 13.3 Å². The highest BCUT2D eigenvalue weighted by Gasteiger charge is 2.16. The van der Waals surface area contributed by atoms with Gasteiger partial charge in [0.15, 0.2) is 0 Å². The smallest absolute Gasteiger partial charge is 0.290 e. The Kier molecular flexibility index (Phi) is 6.76. The van der Waals surface area contributed by atoms with Crippen molar-refractivity contribution in [2.75, 3.05) is 0 Å². The van der Waals surface area contributed by atoms with Crippen LogP contribution in [0.5, 0.6) is 0 Å². The minimum atomic E-state index is -0.250. The predicted molar refractivity (Wildman–Crippen MR) is 46.9 cm³/mol. The van der Waals surface area contributed by atoms with Gasteiger partial charge in [-0.25, -0.2) is 0 Å². The molecule has 1 saturated carbocycles. The molecule has 1 aliphatic rings. The van der Waals surface area contributed by atoms with Crippen molar-refractivity contribution in [1.29, 1.82) is 0 Å². The summed E-state index contributed by atoms with van der Waals surface area (Å²) in [6, 6.07) is 0. The molecule has 0 aromatic rings. The zero-order chi connectivity index (χ0) is 9.40. The third-order valence-electron chi connectivity index (χ3n) is 2.39. The van der Waals surface area contributed by atoms with Crippen LogP contribution in [0.2, 0.25) is 0 Å². The van der Waals surface area contributed by atoms with Crippen LogP contribution in [0.25, 0.3) is 0 Å². The van der Waals surface area contributed by atoms with Crippen LogP contribution in [0.4, 0.5) is 0 Å². The van der Waals surface area contributed by atoms with Crippen molar-refractivity contribution in [2.24, 2.45) is 5.92 Å². The second-order valence-corrected chi connectivity index (χ2v) is 3.19. The van der Waals surface area contributed by atoms with Gasteiger partial charge in [-0.3, -0.25) is 4.79 Å². The number of aliphatic hydroxyl groups excluding tert-OH is 1. The fourth-order valence-corrected chi connectivity index (χ4v) is 1.55. The minimum Gasteiger partial charge on any atom is -0.483 e. The highest BCUT2D eigenvalue weighted by molar-refractivity contribution is 5.32. The van der Waals surface area contributed by atoms with Crippen LogP contribution in [-0.2, 0) is 4.79 Å². The van der Waals surface area contributed by atoms with E-state index in [2.05, 4.69) is 6.92 Å². The molecule has 0 amide bonds. The number of hydrogen-bond donors (Lipinski definition) is 2. The molecule has 0 bridgehead atoms. The zero-order valence-corrected chi connectivity index (χ0v) is 7.57. The standard InChI is InChI=1S/C8H16O.CH2O2/c1-2-7-3-5-8(9)6-4-7;2-1-3/h7-9H,2-6H2,1H3;1H,(H,2,3). The molecule has 1 aliphatic carbocycles. The molecule has 0 aromatic carbocycles. The monoisotopic (exact) mass is 174 g/mol. The summed E-state index contributed by atoms with van der Waals surface area (Å²) in [6.45, 7) is 1.99. The molecule has 0 unspecified atom stereocenters. The largest absolute Gasteiger partial charge is 0.483 e. The third kappa shape index (κ3) is 5.13. The summed E-state index contributed by atoms with van der Waals surface area (Å²) in [5.41, 5.74) is 0. The second kappa shape index (κ2) is 7.10. The summed E-state index contributed by atoms with van der Waals surface area (Å²) in [5.74, 6) is 0.911. The summed E-state index contributed by atoms with van der Waals surface area (Å²) in [4.78, 5) is 8.36. The van der Waals surface area contributed by atoms with E-state index < -0.39 is 0 Å². The van der Waals surface area contributed by atoms with Crippen LogP contribution >= 0.6 is 0 Å². The van der Waals surface area contributed by atoms with Crippen LogP contribution in [0, 0.1) is 5.92 Å². The Morgan fingerprint density at radius 3 is 2.08 bits per heavy atom. The fourth-order valence-electron chi connectivity index (χ4n) is 1.55. The SMILES string of the molecule is CCC1CCC(O)CC1.O=CO. The fraction of sp³-hybridized carbons (Fsp3) is 0.889. The topological polar surface area (TPSA) is 57.5 Å². The first-order valence-electron chi connectivity index (χ1n) is 4.50. The van der Waals surface area contributed by atoms with E-state index in [0.29, 0.717) is 0 Å². The van der Waals surface area contributed by atoms with Gasteiger partial charge in [-0.15, -0.1) is 0 Å². The van der Waals surface area contributed by atoms with Crippen molar-refractivity contribution < 1.29 is 15.0 Å². The number of hydrogen-bond acceptors (Lipinski definition) is 2. The van der Waals surface area contributed by atoms with Crippen molar-refractivity contribution in [3.05, 3.63) is 0 Å². The van der Waals surface area contributed by atoms with E-state index >= 15 is 0 Å². The number of carboxylic acid groups (broad SMARTS) is 1. The third-order valence-corrected chi connectivity index (χ3v) is 2.39. The highest BCUT2D eigenvalue weighted by Crippen LogP contribution is 2.25. The van der Waals surface area contributed by atoms with E-state index in [0.717, 1.165) is 18.8 Å². The first-order valence-corrected chi connectivity index (χ1v) is 4.50. The van der Waals surface area contributed by atoms with E-state index in [1.165, 1.54) is 19.3 Å². The summed E-state index contributed by atoms with van der Waals surface area (Å²) in [5, 5.41) is 16.0. The van der Waals surface area contributed by atoms with E-state index in [4.69, 9.17) is 15.0 Å². The van der Waals surface area contributed by atoms with Crippen molar-refractivity contribution in [3.8, 4) is 0 Å². The lowest BCUT2D eigenvalue weighted by Crippen LogP contribution is -2.17. The molecule has 0 aromatic heterocycles. The molecule has 1 rings (SSSR count). The van der Waals surface area contributed by atoms with Gasteiger partial charge < -0.3 is 10.2 Å². The zero-order valence-electron chi connectivity index (χ0n) is 7.57. The molecule has 0 aliphatic heterocycles. The van der Waals surface area contributed by atoms with Crippen molar-refractivity contribution in [1.82, 2.24) is 0 Å². The molecule has 3 heteroatoms. The lowest BCUT2D eigenvalue weighted by atomic mass is 9.86. The minimum absolute atomic E-state index is 0.0211. The van der Waals surface area contributed by atoms with Gasteiger partial charge in [0.1, 0.15) is 0 Å². The average molecular weight is 174 g/mol.